The number of hydrogen-bond donors (Lipinski definition) is 0. The van der Waals surface area contributed by atoms with Gasteiger partial charge in [0.1, 0.15) is 5.82 Å². The lowest BCUT2D eigenvalue weighted by atomic mass is 9.60. The van der Waals surface area contributed by atoms with Crippen molar-refractivity contribution in [3.63, 3.8) is 0 Å². The van der Waals surface area contributed by atoms with E-state index in [1.807, 2.05) is 12.1 Å². The summed E-state index contributed by atoms with van der Waals surface area (Å²) >= 11 is 0. The standard InChI is InChI=1S/C26H33FN2/c1-20(2)29(18-22-8-5-4-6-9-22)21(3)16-17-26(19-28,23-10-7-11-23)24-12-14-25(27)15-13-24/h4-6,8-9,12-15,20-21,23H,7,10-11,16-18H2,1-3H3. The van der Waals surface area contributed by atoms with Crippen LogP contribution in [0, 0.1) is 23.1 Å². The smallest absolute Gasteiger partial charge is 0.123 e. The van der Waals surface area contributed by atoms with Crippen molar-refractivity contribution < 1.29 is 4.39 Å². The van der Waals surface area contributed by atoms with Crippen LogP contribution < -0.4 is 0 Å². The molecule has 154 valence electrons. The maximum absolute atomic E-state index is 13.5. The van der Waals surface area contributed by atoms with E-state index >= 15 is 0 Å². The minimum absolute atomic E-state index is 0.239. The Labute approximate surface area is 175 Å². The molecule has 2 aromatic carbocycles. The molecule has 2 atom stereocenters. The van der Waals surface area contributed by atoms with Gasteiger partial charge in [0.25, 0.3) is 0 Å². The molecule has 0 aromatic heterocycles. The topological polar surface area (TPSA) is 27.0 Å². The van der Waals surface area contributed by atoms with Crippen molar-refractivity contribution in [2.75, 3.05) is 0 Å². The summed E-state index contributed by atoms with van der Waals surface area (Å²) in [4.78, 5) is 2.52. The van der Waals surface area contributed by atoms with E-state index in [0.717, 1.165) is 37.8 Å². The monoisotopic (exact) mass is 392 g/mol. The van der Waals surface area contributed by atoms with Gasteiger partial charge >= 0.3 is 0 Å². The fraction of sp³-hybridized carbons (Fsp3) is 0.500. The van der Waals surface area contributed by atoms with Gasteiger partial charge in [-0.3, -0.25) is 4.90 Å². The van der Waals surface area contributed by atoms with E-state index in [1.54, 1.807) is 0 Å². The Morgan fingerprint density at radius 1 is 1.07 bits per heavy atom. The average Bonchev–Trinajstić information content (AvgIpc) is 2.69. The van der Waals surface area contributed by atoms with Crippen molar-refractivity contribution >= 4 is 0 Å². The van der Waals surface area contributed by atoms with Gasteiger partial charge in [0.2, 0.25) is 0 Å². The van der Waals surface area contributed by atoms with Crippen molar-refractivity contribution in [3.8, 4) is 6.07 Å². The van der Waals surface area contributed by atoms with Gasteiger partial charge in [-0.25, -0.2) is 4.39 Å². The molecule has 2 unspecified atom stereocenters. The zero-order valence-electron chi connectivity index (χ0n) is 17.9. The molecule has 0 radical (unpaired) electrons. The van der Waals surface area contributed by atoms with E-state index in [0.29, 0.717) is 18.0 Å². The second kappa shape index (κ2) is 9.55. The van der Waals surface area contributed by atoms with Gasteiger partial charge < -0.3 is 0 Å². The molecule has 0 N–H and O–H groups in total. The molecule has 2 nitrogen and oxygen atoms in total. The van der Waals surface area contributed by atoms with Gasteiger partial charge in [0.05, 0.1) is 11.5 Å². The SMILES string of the molecule is CC(C)N(Cc1ccccc1)C(C)CCC(C#N)(c1ccc(F)cc1)C1CCC1. The Hall–Kier alpha value is -2.18. The fourth-order valence-corrected chi connectivity index (χ4v) is 4.69. The lowest BCUT2D eigenvalue weighted by Gasteiger charge is -2.42. The molecule has 3 rings (SSSR count). The third-order valence-electron chi connectivity index (χ3n) is 6.75. The molecule has 2 aromatic rings. The molecule has 0 bridgehead atoms. The Balaban J connectivity index is 1.77. The maximum atomic E-state index is 13.5. The van der Waals surface area contributed by atoms with Crippen LogP contribution in [0.4, 0.5) is 4.39 Å². The molecule has 1 saturated carbocycles. The second-order valence-electron chi connectivity index (χ2n) is 8.86. The molecular formula is C26H33FN2. The summed E-state index contributed by atoms with van der Waals surface area (Å²) in [7, 11) is 0. The van der Waals surface area contributed by atoms with Crippen LogP contribution in [-0.4, -0.2) is 17.0 Å². The predicted molar refractivity (Wildman–Crippen MR) is 117 cm³/mol. The first kappa shape index (κ1) is 21.5. The summed E-state index contributed by atoms with van der Waals surface area (Å²) in [5.41, 5.74) is 1.80. The molecule has 1 aliphatic carbocycles. The van der Waals surface area contributed by atoms with Crippen LogP contribution in [0.15, 0.2) is 54.6 Å². The molecule has 29 heavy (non-hydrogen) atoms. The molecule has 0 spiro atoms. The largest absolute Gasteiger partial charge is 0.294 e. The third-order valence-corrected chi connectivity index (χ3v) is 6.75. The lowest BCUT2D eigenvalue weighted by Crippen LogP contribution is -2.42. The van der Waals surface area contributed by atoms with E-state index in [2.05, 4.69) is 62.1 Å². The van der Waals surface area contributed by atoms with Crippen LogP contribution in [0.2, 0.25) is 0 Å². The van der Waals surface area contributed by atoms with Gasteiger partial charge in [-0.2, -0.15) is 5.26 Å². The van der Waals surface area contributed by atoms with Gasteiger partial charge in [-0.1, -0.05) is 48.9 Å². The summed E-state index contributed by atoms with van der Waals surface area (Å²) in [6.07, 6.45) is 5.15. The molecule has 0 saturated heterocycles. The lowest BCUT2D eigenvalue weighted by molar-refractivity contribution is 0.126. The minimum Gasteiger partial charge on any atom is -0.294 e. The van der Waals surface area contributed by atoms with E-state index in [1.165, 1.54) is 24.1 Å². The number of halogens is 1. The Bertz CT molecular complexity index is 805. The van der Waals surface area contributed by atoms with Gasteiger partial charge in [0.15, 0.2) is 0 Å². The summed E-state index contributed by atoms with van der Waals surface area (Å²) in [5, 5.41) is 10.3. The van der Waals surface area contributed by atoms with E-state index in [-0.39, 0.29) is 5.82 Å². The Morgan fingerprint density at radius 2 is 1.72 bits per heavy atom. The molecular weight excluding hydrogens is 359 g/mol. The number of benzene rings is 2. The molecule has 0 aliphatic heterocycles. The highest BCUT2D eigenvalue weighted by Crippen LogP contribution is 2.47. The normalized spacial score (nSPS) is 17.6. The van der Waals surface area contributed by atoms with Crippen LogP contribution in [-0.2, 0) is 12.0 Å². The second-order valence-corrected chi connectivity index (χ2v) is 8.86. The van der Waals surface area contributed by atoms with Gasteiger partial charge in [0, 0.05) is 18.6 Å². The van der Waals surface area contributed by atoms with Crippen LogP contribution in [0.25, 0.3) is 0 Å². The van der Waals surface area contributed by atoms with Crippen molar-refractivity contribution in [3.05, 3.63) is 71.5 Å². The van der Waals surface area contributed by atoms with Crippen molar-refractivity contribution in [2.45, 2.75) is 76.9 Å². The number of nitrogens with zero attached hydrogens (tertiary/aromatic N) is 2. The zero-order valence-corrected chi connectivity index (χ0v) is 17.9. The molecule has 0 heterocycles. The van der Waals surface area contributed by atoms with Crippen LogP contribution in [0.3, 0.4) is 0 Å². The van der Waals surface area contributed by atoms with Crippen LogP contribution in [0.1, 0.15) is 64.0 Å². The van der Waals surface area contributed by atoms with Crippen molar-refractivity contribution in [2.24, 2.45) is 5.92 Å². The first-order valence-corrected chi connectivity index (χ1v) is 10.9. The quantitative estimate of drug-likeness (QED) is 0.489. The van der Waals surface area contributed by atoms with E-state index in [4.69, 9.17) is 0 Å². The molecule has 1 fully saturated rings. The first-order chi connectivity index (χ1) is 14.0. The fourth-order valence-electron chi connectivity index (χ4n) is 4.69. The van der Waals surface area contributed by atoms with E-state index < -0.39 is 5.41 Å². The first-order valence-electron chi connectivity index (χ1n) is 10.9. The summed E-state index contributed by atoms with van der Waals surface area (Å²) < 4.78 is 13.5. The van der Waals surface area contributed by atoms with Gasteiger partial charge in [-0.15, -0.1) is 0 Å². The molecule has 1 aliphatic rings. The summed E-state index contributed by atoms with van der Waals surface area (Å²) in [6, 6.07) is 20.7. The van der Waals surface area contributed by atoms with Crippen molar-refractivity contribution in [1.82, 2.24) is 4.90 Å². The highest BCUT2D eigenvalue weighted by atomic mass is 19.1. The summed E-state index contributed by atoms with van der Waals surface area (Å²) in [5.74, 6) is 0.142. The van der Waals surface area contributed by atoms with E-state index in [9.17, 15) is 9.65 Å². The predicted octanol–water partition coefficient (Wildman–Crippen LogP) is 6.47. The zero-order chi connectivity index (χ0) is 20.9. The summed E-state index contributed by atoms with van der Waals surface area (Å²) in [6.45, 7) is 7.67. The van der Waals surface area contributed by atoms with Crippen LogP contribution in [0.5, 0.6) is 0 Å². The Morgan fingerprint density at radius 3 is 2.24 bits per heavy atom. The third kappa shape index (κ3) is 4.87. The number of hydrogen-bond acceptors (Lipinski definition) is 2. The number of rotatable bonds is 9. The Kier molecular flexibility index (Phi) is 7.09. The van der Waals surface area contributed by atoms with Crippen molar-refractivity contribution in [1.29, 1.82) is 5.26 Å². The number of nitriles is 1. The maximum Gasteiger partial charge on any atom is 0.123 e. The highest BCUT2D eigenvalue weighted by molar-refractivity contribution is 5.35. The van der Waals surface area contributed by atoms with Crippen LogP contribution >= 0.6 is 0 Å². The average molecular weight is 393 g/mol. The minimum atomic E-state index is -0.504. The van der Waals surface area contributed by atoms with Gasteiger partial charge in [-0.05, 0) is 75.6 Å². The highest BCUT2D eigenvalue weighted by Gasteiger charge is 2.43. The molecule has 3 heteroatoms. The molecule has 0 amide bonds.